The quantitative estimate of drug-likeness (QED) is 0.726. The molecule has 0 spiro atoms. The van der Waals surface area contributed by atoms with E-state index >= 15 is 0 Å². The highest BCUT2D eigenvalue weighted by atomic mass is 19.4. The zero-order valence-corrected chi connectivity index (χ0v) is 15.2. The first kappa shape index (κ1) is 18.9. The van der Waals surface area contributed by atoms with Gasteiger partial charge in [-0.25, -0.2) is 0 Å². The van der Waals surface area contributed by atoms with Gasteiger partial charge in [-0.2, -0.15) is 13.2 Å². The number of β-amino-alcohol motifs (C(OH)–C–C–N with tert-alkyl or cyclic N) is 1. The Morgan fingerprint density at radius 1 is 1.18 bits per heavy atom. The number of nitrogens with one attached hydrogen (secondary N) is 2. The number of rotatable bonds is 4. The molecule has 0 saturated carbocycles. The van der Waals surface area contributed by atoms with Gasteiger partial charge in [-0.1, -0.05) is 0 Å². The van der Waals surface area contributed by atoms with Crippen molar-refractivity contribution >= 4 is 11.4 Å². The van der Waals surface area contributed by atoms with E-state index in [9.17, 15) is 18.3 Å². The van der Waals surface area contributed by atoms with Crippen LogP contribution in [0.1, 0.15) is 12.8 Å². The van der Waals surface area contributed by atoms with Crippen molar-refractivity contribution in [3.8, 4) is 5.75 Å². The summed E-state index contributed by atoms with van der Waals surface area (Å²) in [7, 11) is 0. The number of dihydropyridines is 1. The van der Waals surface area contributed by atoms with E-state index < -0.39 is 17.4 Å². The maximum atomic E-state index is 12.7. The molecule has 0 bridgehead atoms. The van der Waals surface area contributed by atoms with E-state index in [1.54, 1.807) is 6.07 Å². The Morgan fingerprint density at radius 3 is 2.64 bits per heavy atom. The second-order valence-electron chi connectivity index (χ2n) is 7.22. The SMILES string of the molecule is OC1(CN2CNc3ccc(OC4=CC=C(C(F)(F)F)CN4)cc32)CCOCC1. The van der Waals surface area contributed by atoms with Gasteiger partial charge < -0.3 is 30.1 Å². The molecule has 0 atom stereocenters. The van der Waals surface area contributed by atoms with Crippen LogP contribution in [0.15, 0.2) is 41.8 Å². The molecule has 1 aromatic rings. The highest BCUT2D eigenvalue weighted by Crippen LogP contribution is 2.37. The standard InChI is InChI=1S/C19H22F3N3O3/c20-19(21,22)13-1-4-17(23-10-13)28-14-2-3-15-16(9-14)25(12-24-15)11-18(26)5-7-27-8-6-18/h1-4,9,23-24,26H,5-8,10-12H2. The Labute approximate surface area is 160 Å². The van der Waals surface area contributed by atoms with Gasteiger partial charge in [-0.05, 0) is 24.3 Å². The molecule has 28 heavy (non-hydrogen) atoms. The van der Waals surface area contributed by atoms with Gasteiger partial charge in [0.15, 0.2) is 5.88 Å². The van der Waals surface area contributed by atoms with Gasteiger partial charge in [0.2, 0.25) is 0 Å². The lowest BCUT2D eigenvalue weighted by Gasteiger charge is -2.36. The molecular formula is C19H22F3N3O3. The summed E-state index contributed by atoms with van der Waals surface area (Å²) in [6.07, 6.45) is -0.882. The van der Waals surface area contributed by atoms with Gasteiger partial charge in [0.25, 0.3) is 0 Å². The number of fused-ring (bicyclic) bond motifs is 1. The van der Waals surface area contributed by atoms with Crippen LogP contribution in [-0.2, 0) is 4.74 Å². The van der Waals surface area contributed by atoms with Gasteiger partial charge in [-0.15, -0.1) is 0 Å². The van der Waals surface area contributed by atoms with E-state index in [0.29, 0.717) is 45.0 Å². The fraction of sp³-hybridized carbons (Fsp3) is 0.474. The molecule has 9 heteroatoms. The fourth-order valence-corrected chi connectivity index (χ4v) is 3.53. The van der Waals surface area contributed by atoms with Crippen molar-refractivity contribution in [3.05, 3.63) is 41.8 Å². The molecule has 0 aliphatic carbocycles. The van der Waals surface area contributed by atoms with Crippen LogP contribution in [0.25, 0.3) is 0 Å². The van der Waals surface area contributed by atoms with Crippen LogP contribution in [-0.4, -0.2) is 49.9 Å². The number of aliphatic hydroxyl groups is 1. The minimum absolute atomic E-state index is 0.258. The Balaban J connectivity index is 1.47. The van der Waals surface area contributed by atoms with Crippen LogP contribution in [0.5, 0.6) is 5.75 Å². The smallest absolute Gasteiger partial charge is 0.414 e. The summed E-state index contributed by atoms with van der Waals surface area (Å²) in [5.74, 6) is 0.766. The van der Waals surface area contributed by atoms with Crippen LogP contribution < -0.4 is 20.3 Å². The van der Waals surface area contributed by atoms with Crippen LogP contribution in [0.4, 0.5) is 24.5 Å². The maximum Gasteiger partial charge on any atom is 0.414 e. The summed E-state index contributed by atoms with van der Waals surface area (Å²) in [6.45, 7) is 1.80. The summed E-state index contributed by atoms with van der Waals surface area (Å²) in [6, 6.07) is 5.44. The predicted molar refractivity (Wildman–Crippen MR) is 98.1 cm³/mol. The van der Waals surface area contributed by atoms with Crippen molar-refractivity contribution in [1.29, 1.82) is 0 Å². The Kier molecular flexibility index (Phi) is 4.88. The van der Waals surface area contributed by atoms with Gasteiger partial charge in [0, 0.05) is 45.2 Å². The van der Waals surface area contributed by atoms with Crippen molar-refractivity contribution in [3.63, 3.8) is 0 Å². The van der Waals surface area contributed by atoms with E-state index in [1.165, 1.54) is 6.08 Å². The molecule has 1 saturated heterocycles. The third kappa shape index (κ3) is 4.05. The highest BCUT2D eigenvalue weighted by molar-refractivity contribution is 5.76. The molecule has 3 N–H and O–H groups in total. The second kappa shape index (κ2) is 7.21. The van der Waals surface area contributed by atoms with E-state index in [2.05, 4.69) is 10.6 Å². The molecule has 0 aromatic heterocycles. The topological polar surface area (TPSA) is 66.0 Å². The molecule has 0 radical (unpaired) electrons. The normalized spacial score (nSPS) is 21.2. The van der Waals surface area contributed by atoms with Crippen LogP contribution >= 0.6 is 0 Å². The summed E-state index contributed by atoms with van der Waals surface area (Å²) in [5.41, 5.74) is 0.368. The van der Waals surface area contributed by atoms with Gasteiger partial charge >= 0.3 is 6.18 Å². The van der Waals surface area contributed by atoms with Gasteiger partial charge in [0.1, 0.15) is 5.75 Å². The fourth-order valence-electron chi connectivity index (χ4n) is 3.53. The number of allylic oxidation sites excluding steroid dienone is 2. The molecule has 3 heterocycles. The number of anilines is 2. The average molecular weight is 397 g/mol. The molecule has 3 aliphatic heterocycles. The second-order valence-corrected chi connectivity index (χ2v) is 7.22. The number of hydrogen-bond donors (Lipinski definition) is 3. The van der Waals surface area contributed by atoms with E-state index in [4.69, 9.17) is 9.47 Å². The van der Waals surface area contributed by atoms with E-state index in [1.807, 2.05) is 17.0 Å². The molecular weight excluding hydrogens is 375 g/mol. The lowest BCUT2D eigenvalue weighted by molar-refractivity contribution is -0.0931. The minimum Gasteiger partial charge on any atom is -0.441 e. The minimum atomic E-state index is -4.35. The van der Waals surface area contributed by atoms with E-state index in [0.717, 1.165) is 17.5 Å². The zero-order chi connectivity index (χ0) is 19.8. The molecule has 1 aromatic carbocycles. The number of hydrogen-bond acceptors (Lipinski definition) is 6. The monoisotopic (exact) mass is 397 g/mol. The number of benzene rings is 1. The lowest BCUT2D eigenvalue weighted by atomic mass is 9.94. The molecule has 3 aliphatic rings. The van der Waals surface area contributed by atoms with Crippen molar-refractivity contribution in [2.24, 2.45) is 0 Å². The molecule has 1 fully saturated rings. The molecule has 152 valence electrons. The third-order valence-electron chi connectivity index (χ3n) is 5.16. The van der Waals surface area contributed by atoms with Crippen LogP contribution in [0, 0.1) is 0 Å². The molecule has 4 rings (SSSR count). The van der Waals surface area contributed by atoms with Crippen LogP contribution in [0.2, 0.25) is 0 Å². The largest absolute Gasteiger partial charge is 0.441 e. The summed E-state index contributed by atoms with van der Waals surface area (Å²) < 4.78 is 49.1. The Bertz CT molecular complexity index is 801. The van der Waals surface area contributed by atoms with Crippen molar-refractivity contribution < 1.29 is 27.8 Å². The third-order valence-corrected chi connectivity index (χ3v) is 5.16. The zero-order valence-electron chi connectivity index (χ0n) is 15.2. The predicted octanol–water partition coefficient (Wildman–Crippen LogP) is 2.73. The lowest BCUT2D eigenvalue weighted by Crippen LogP contribution is -2.46. The van der Waals surface area contributed by atoms with Crippen LogP contribution in [0.3, 0.4) is 0 Å². The van der Waals surface area contributed by atoms with E-state index in [-0.39, 0.29) is 12.4 Å². The Hall–Kier alpha value is -2.39. The summed E-state index contributed by atoms with van der Waals surface area (Å²) in [5, 5.41) is 16.7. The highest BCUT2D eigenvalue weighted by Gasteiger charge is 2.35. The first-order chi connectivity index (χ1) is 13.3. The average Bonchev–Trinajstić information content (AvgIpc) is 3.04. The molecule has 0 amide bonds. The molecule has 6 nitrogen and oxygen atoms in total. The number of halogens is 3. The van der Waals surface area contributed by atoms with Gasteiger partial charge in [0.05, 0.1) is 29.2 Å². The molecule has 0 unspecified atom stereocenters. The van der Waals surface area contributed by atoms with Crippen molar-refractivity contribution in [2.75, 3.05) is 43.2 Å². The number of alkyl halides is 3. The Morgan fingerprint density at radius 2 is 1.96 bits per heavy atom. The van der Waals surface area contributed by atoms with Crippen molar-refractivity contribution in [1.82, 2.24) is 5.32 Å². The number of nitrogens with zero attached hydrogens (tertiary/aromatic N) is 1. The van der Waals surface area contributed by atoms with Crippen molar-refractivity contribution in [2.45, 2.75) is 24.6 Å². The summed E-state index contributed by atoms with van der Waals surface area (Å²) >= 11 is 0. The number of ether oxygens (including phenoxy) is 2. The van der Waals surface area contributed by atoms with Gasteiger partial charge in [-0.3, -0.25) is 0 Å². The first-order valence-corrected chi connectivity index (χ1v) is 9.15. The first-order valence-electron chi connectivity index (χ1n) is 9.15. The maximum absolute atomic E-state index is 12.7. The summed E-state index contributed by atoms with van der Waals surface area (Å²) in [4.78, 5) is 2.04.